The Balaban J connectivity index is 2.22. The Hall–Kier alpha value is -1.31. The molecule has 1 saturated carbocycles. The molecular weight excluding hydrogens is 186 g/mol. The molecule has 1 fully saturated rings. The molecule has 2 nitrogen and oxygen atoms in total. The minimum atomic E-state index is -0.161. The van der Waals surface area contributed by atoms with Crippen molar-refractivity contribution in [2.24, 2.45) is 0 Å². The summed E-state index contributed by atoms with van der Waals surface area (Å²) in [7, 11) is 1.90. The molecule has 0 bridgehead atoms. The molecule has 1 amide bonds. The molecule has 2 heteroatoms. The van der Waals surface area contributed by atoms with Gasteiger partial charge < -0.3 is 4.90 Å². The summed E-state index contributed by atoms with van der Waals surface area (Å²) in [5.41, 5.74) is 2.21. The van der Waals surface area contributed by atoms with Gasteiger partial charge >= 0.3 is 0 Å². The van der Waals surface area contributed by atoms with Crippen molar-refractivity contribution in [3.05, 3.63) is 29.8 Å². The van der Waals surface area contributed by atoms with Crippen LogP contribution in [0.25, 0.3) is 0 Å². The van der Waals surface area contributed by atoms with E-state index in [1.165, 1.54) is 18.4 Å². The zero-order valence-corrected chi connectivity index (χ0v) is 8.99. The number of anilines is 1. The van der Waals surface area contributed by atoms with Crippen molar-refractivity contribution in [2.45, 2.75) is 31.1 Å². The van der Waals surface area contributed by atoms with Crippen LogP contribution < -0.4 is 4.90 Å². The van der Waals surface area contributed by atoms with Gasteiger partial charge in [-0.15, -0.1) is 0 Å². The highest BCUT2D eigenvalue weighted by atomic mass is 16.2. The summed E-state index contributed by atoms with van der Waals surface area (Å²) in [5, 5.41) is 0. The summed E-state index contributed by atoms with van der Waals surface area (Å²) in [5.74, 6) is 0.307. The number of likely N-dealkylation sites (N-methyl/N-ethyl adjacent to an activating group) is 1. The number of para-hydroxylation sites is 1. The molecule has 1 heterocycles. The van der Waals surface area contributed by atoms with Crippen molar-refractivity contribution >= 4 is 11.6 Å². The number of hydrogen-bond donors (Lipinski definition) is 0. The molecule has 1 aromatic carbocycles. The normalized spacial score (nSPS) is 22.5. The van der Waals surface area contributed by atoms with Crippen LogP contribution in [0.2, 0.25) is 0 Å². The average Bonchev–Trinajstić information content (AvgIpc) is 2.83. The van der Waals surface area contributed by atoms with Crippen LogP contribution in [0.15, 0.2) is 24.3 Å². The molecule has 0 radical (unpaired) electrons. The highest BCUT2D eigenvalue weighted by Crippen LogP contribution is 2.50. The third kappa shape index (κ3) is 0.969. The van der Waals surface area contributed by atoms with Crippen molar-refractivity contribution in [1.82, 2.24) is 0 Å². The minimum Gasteiger partial charge on any atom is -0.314 e. The Bertz CT molecular complexity index is 418. The lowest BCUT2D eigenvalue weighted by atomic mass is 9.80. The average molecular weight is 201 g/mol. The number of carbonyl (C=O) groups is 1. The molecule has 0 aromatic heterocycles. The minimum absolute atomic E-state index is 0.161. The van der Waals surface area contributed by atoms with E-state index in [1.54, 1.807) is 0 Å². The smallest absolute Gasteiger partial charge is 0.237 e. The summed E-state index contributed by atoms with van der Waals surface area (Å²) in [6, 6.07) is 8.24. The van der Waals surface area contributed by atoms with Crippen LogP contribution in [0, 0.1) is 0 Å². The molecule has 0 atom stereocenters. The maximum absolute atomic E-state index is 12.3. The van der Waals surface area contributed by atoms with Gasteiger partial charge in [-0.3, -0.25) is 4.79 Å². The topological polar surface area (TPSA) is 20.3 Å². The van der Waals surface area contributed by atoms with Crippen LogP contribution in [-0.4, -0.2) is 13.0 Å². The SMILES string of the molecule is CN1C(=O)C2(CCCC2)c2ccccc21. The number of hydrogen-bond acceptors (Lipinski definition) is 1. The Morgan fingerprint density at radius 1 is 1.20 bits per heavy atom. The van der Waals surface area contributed by atoms with Gasteiger partial charge in [0.2, 0.25) is 5.91 Å². The Morgan fingerprint density at radius 3 is 2.60 bits per heavy atom. The first-order chi connectivity index (χ1) is 7.26. The highest BCUT2D eigenvalue weighted by Gasteiger charge is 2.50. The summed E-state index contributed by atoms with van der Waals surface area (Å²) >= 11 is 0. The Labute approximate surface area is 89.9 Å². The number of benzene rings is 1. The van der Waals surface area contributed by atoms with Crippen molar-refractivity contribution < 1.29 is 4.79 Å². The van der Waals surface area contributed by atoms with E-state index >= 15 is 0 Å². The van der Waals surface area contributed by atoms with Crippen molar-refractivity contribution in [1.29, 1.82) is 0 Å². The van der Waals surface area contributed by atoms with Gasteiger partial charge in [0.25, 0.3) is 0 Å². The third-order valence-electron chi connectivity index (χ3n) is 3.95. The van der Waals surface area contributed by atoms with E-state index in [0.29, 0.717) is 5.91 Å². The number of amides is 1. The molecule has 0 N–H and O–H groups in total. The number of nitrogens with zero attached hydrogens (tertiary/aromatic N) is 1. The predicted molar refractivity (Wildman–Crippen MR) is 60.0 cm³/mol. The fraction of sp³-hybridized carbons (Fsp3) is 0.462. The zero-order chi connectivity index (χ0) is 10.5. The van der Waals surface area contributed by atoms with Gasteiger partial charge in [0.15, 0.2) is 0 Å². The van der Waals surface area contributed by atoms with Crippen LogP contribution in [-0.2, 0) is 10.2 Å². The van der Waals surface area contributed by atoms with E-state index in [-0.39, 0.29) is 5.41 Å². The maximum atomic E-state index is 12.3. The van der Waals surface area contributed by atoms with E-state index in [1.807, 2.05) is 24.1 Å². The second kappa shape index (κ2) is 2.84. The maximum Gasteiger partial charge on any atom is 0.237 e. The molecule has 2 aliphatic rings. The Kier molecular flexibility index (Phi) is 1.70. The van der Waals surface area contributed by atoms with Gasteiger partial charge in [-0.2, -0.15) is 0 Å². The van der Waals surface area contributed by atoms with Gasteiger partial charge in [0.05, 0.1) is 5.41 Å². The van der Waals surface area contributed by atoms with E-state index < -0.39 is 0 Å². The lowest BCUT2D eigenvalue weighted by molar-refractivity contribution is -0.122. The van der Waals surface area contributed by atoms with E-state index in [9.17, 15) is 4.79 Å². The summed E-state index contributed by atoms with van der Waals surface area (Å²) in [4.78, 5) is 14.1. The second-order valence-electron chi connectivity index (χ2n) is 4.67. The molecule has 78 valence electrons. The molecule has 0 saturated heterocycles. The van der Waals surface area contributed by atoms with E-state index in [2.05, 4.69) is 12.1 Å². The number of carbonyl (C=O) groups excluding carboxylic acids is 1. The van der Waals surface area contributed by atoms with Crippen LogP contribution in [0.4, 0.5) is 5.69 Å². The monoisotopic (exact) mass is 201 g/mol. The first-order valence-corrected chi connectivity index (χ1v) is 5.63. The van der Waals surface area contributed by atoms with Gasteiger partial charge in [0, 0.05) is 12.7 Å². The lowest BCUT2D eigenvalue weighted by Crippen LogP contribution is -2.36. The quantitative estimate of drug-likeness (QED) is 0.631. The van der Waals surface area contributed by atoms with Gasteiger partial charge in [-0.05, 0) is 24.5 Å². The van der Waals surface area contributed by atoms with Crippen LogP contribution in [0.1, 0.15) is 31.2 Å². The zero-order valence-electron chi connectivity index (χ0n) is 8.99. The van der Waals surface area contributed by atoms with Gasteiger partial charge in [-0.25, -0.2) is 0 Å². The molecule has 0 unspecified atom stereocenters. The van der Waals surface area contributed by atoms with E-state index in [4.69, 9.17) is 0 Å². The molecular formula is C13H15NO. The first-order valence-electron chi connectivity index (χ1n) is 5.63. The van der Waals surface area contributed by atoms with Crippen molar-refractivity contribution in [3.8, 4) is 0 Å². The lowest BCUT2D eigenvalue weighted by Gasteiger charge is -2.21. The fourth-order valence-corrected chi connectivity index (χ4v) is 3.18. The van der Waals surface area contributed by atoms with Gasteiger partial charge in [0.1, 0.15) is 0 Å². The number of rotatable bonds is 0. The third-order valence-corrected chi connectivity index (χ3v) is 3.95. The fourth-order valence-electron chi connectivity index (χ4n) is 3.18. The second-order valence-corrected chi connectivity index (χ2v) is 4.67. The Morgan fingerprint density at radius 2 is 1.87 bits per heavy atom. The van der Waals surface area contributed by atoms with Gasteiger partial charge in [-0.1, -0.05) is 31.0 Å². The summed E-state index contributed by atoms with van der Waals surface area (Å²) < 4.78 is 0. The molecule has 1 aliphatic carbocycles. The van der Waals surface area contributed by atoms with Crippen LogP contribution >= 0.6 is 0 Å². The van der Waals surface area contributed by atoms with E-state index in [0.717, 1.165) is 18.5 Å². The molecule has 15 heavy (non-hydrogen) atoms. The molecule has 3 rings (SSSR count). The van der Waals surface area contributed by atoms with Crippen LogP contribution in [0.3, 0.4) is 0 Å². The van der Waals surface area contributed by atoms with Crippen molar-refractivity contribution in [3.63, 3.8) is 0 Å². The summed E-state index contributed by atoms with van der Waals surface area (Å²) in [6.45, 7) is 0. The van der Waals surface area contributed by atoms with Crippen molar-refractivity contribution in [2.75, 3.05) is 11.9 Å². The molecule has 1 spiro atoms. The first kappa shape index (κ1) is 8.96. The number of fused-ring (bicyclic) bond motifs is 2. The summed E-state index contributed by atoms with van der Waals surface area (Å²) in [6.07, 6.45) is 4.45. The highest BCUT2D eigenvalue weighted by molar-refractivity contribution is 6.07. The standard InChI is InChI=1S/C13H15NO/c1-14-11-7-3-2-6-10(11)13(12(14)15)8-4-5-9-13/h2-3,6-7H,4-5,8-9H2,1H3. The molecule has 1 aliphatic heterocycles. The largest absolute Gasteiger partial charge is 0.314 e. The van der Waals surface area contributed by atoms with Crippen LogP contribution in [0.5, 0.6) is 0 Å². The molecule has 1 aromatic rings. The predicted octanol–water partition coefficient (Wildman–Crippen LogP) is 2.47.